The van der Waals surface area contributed by atoms with Crippen LogP contribution in [0.15, 0.2) is 103 Å². The standard InChI is InChI=1S/C33H30ClFN2O2/c1-2-32(38)36(27-20-15-25(34)16-21-27)31-22-28(19-12-23-8-4-3-5-9-23)37(30-11-7-6-10-29(30)31)33(39)24-13-17-26(35)18-14-24/h3-11,13-18,20-21,28,31H,2,12,19,22H2,1H3. The van der Waals surface area contributed by atoms with E-state index >= 15 is 0 Å². The Balaban J connectivity index is 1.60. The molecular formula is C33H30ClFN2O2. The summed E-state index contributed by atoms with van der Waals surface area (Å²) in [6.07, 6.45) is 2.38. The third-order valence-corrected chi connectivity index (χ3v) is 7.57. The van der Waals surface area contributed by atoms with Gasteiger partial charge in [-0.3, -0.25) is 9.59 Å². The highest BCUT2D eigenvalue weighted by Gasteiger charge is 2.40. The van der Waals surface area contributed by atoms with Crippen molar-refractivity contribution in [2.75, 3.05) is 9.80 Å². The van der Waals surface area contributed by atoms with Gasteiger partial charge in [0.1, 0.15) is 5.82 Å². The van der Waals surface area contributed by atoms with E-state index in [4.69, 9.17) is 11.6 Å². The van der Waals surface area contributed by atoms with E-state index in [0.29, 0.717) is 29.8 Å². The normalized spacial score (nSPS) is 16.4. The van der Waals surface area contributed by atoms with Crippen molar-refractivity contribution in [3.8, 4) is 0 Å². The maximum absolute atomic E-state index is 14.0. The summed E-state index contributed by atoms with van der Waals surface area (Å²) in [5.41, 5.74) is 4.05. The van der Waals surface area contributed by atoms with Crippen molar-refractivity contribution in [1.82, 2.24) is 0 Å². The van der Waals surface area contributed by atoms with E-state index in [0.717, 1.165) is 23.4 Å². The first-order valence-corrected chi connectivity index (χ1v) is 13.6. The Morgan fingerprint density at radius 1 is 0.897 bits per heavy atom. The Hall–Kier alpha value is -3.96. The molecule has 2 amide bonds. The first-order valence-electron chi connectivity index (χ1n) is 13.3. The van der Waals surface area contributed by atoms with Crippen molar-refractivity contribution in [2.24, 2.45) is 0 Å². The third-order valence-electron chi connectivity index (χ3n) is 7.32. The lowest BCUT2D eigenvalue weighted by Gasteiger charge is -2.45. The Labute approximate surface area is 233 Å². The number of nitrogens with zero attached hydrogens (tertiary/aromatic N) is 2. The monoisotopic (exact) mass is 540 g/mol. The van der Waals surface area contributed by atoms with Gasteiger partial charge in [0.2, 0.25) is 5.91 Å². The second-order valence-corrected chi connectivity index (χ2v) is 10.2. The molecule has 1 aliphatic rings. The first kappa shape index (κ1) is 26.6. The van der Waals surface area contributed by atoms with Crippen LogP contribution in [0.3, 0.4) is 0 Å². The molecular weight excluding hydrogens is 511 g/mol. The molecule has 4 nitrogen and oxygen atoms in total. The predicted octanol–water partition coefficient (Wildman–Crippen LogP) is 8.02. The van der Waals surface area contributed by atoms with Gasteiger partial charge in [0.05, 0.1) is 6.04 Å². The van der Waals surface area contributed by atoms with Crippen molar-refractivity contribution in [3.63, 3.8) is 0 Å². The Bertz CT molecular complexity index is 1440. The van der Waals surface area contributed by atoms with Gasteiger partial charge in [-0.05, 0) is 85.0 Å². The molecule has 0 fully saturated rings. The summed E-state index contributed by atoms with van der Waals surface area (Å²) in [4.78, 5) is 31.1. The molecule has 0 aromatic heterocycles. The maximum atomic E-state index is 14.0. The molecule has 5 rings (SSSR count). The van der Waals surface area contributed by atoms with Crippen LogP contribution >= 0.6 is 11.6 Å². The van der Waals surface area contributed by atoms with Crippen molar-refractivity contribution in [2.45, 2.75) is 44.7 Å². The number of fused-ring (bicyclic) bond motifs is 1. The second-order valence-electron chi connectivity index (χ2n) is 9.76. The number of hydrogen-bond donors (Lipinski definition) is 0. The summed E-state index contributed by atoms with van der Waals surface area (Å²) in [5.74, 6) is -0.570. The zero-order valence-electron chi connectivity index (χ0n) is 21.8. The number of benzene rings is 4. The molecule has 0 spiro atoms. The summed E-state index contributed by atoms with van der Waals surface area (Å²) < 4.78 is 13.7. The van der Waals surface area contributed by atoms with E-state index in [2.05, 4.69) is 12.1 Å². The topological polar surface area (TPSA) is 40.6 Å². The van der Waals surface area contributed by atoms with Gasteiger partial charge < -0.3 is 9.80 Å². The van der Waals surface area contributed by atoms with Crippen LogP contribution < -0.4 is 9.80 Å². The minimum absolute atomic E-state index is 0.00255. The third kappa shape index (κ3) is 5.74. The van der Waals surface area contributed by atoms with Crippen LogP contribution in [0.4, 0.5) is 15.8 Å². The van der Waals surface area contributed by atoms with Crippen LogP contribution in [-0.2, 0) is 11.2 Å². The van der Waals surface area contributed by atoms with Crippen LogP contribution in [0.1, 0.15) is 53.7 Å². The first-order chi connectivity index (χ1) is 19.0. The van der Waals surface area contributed by atoms with Crippen molar-refractivity contribution < 1.29 is 14.0 Å². The van der Waals surface area contributed by atoms with E-state index in [1.165, 1.54) is 29.8 Å². The molecule has 198 valence electrons. The van der Waals surface area contributed by atoms with Gasteiger partial charge in [-0.25, -0.2) is 4.39 Å². The molecule has 0 saturated heterocycles. The Morgan fingerprint density at radius 3 is 2.26 bits per heavy atom. The fourth-order valence-electron chi connectivity index (χ4n) is 5.42. The van der Waals surface area contributed by atoms with Gasteiger partial charge in [0.25, 0.3) is 5.91 Å². The highest BCUT2D eigenvalue weighted by molar-refractivity contribution is 6.30. The van der Waals surface area contributed by atoms with Gasteiger partial charge in [-0.1, -0.05) is 67.1 Å². The van der Waals surface area contributed by atoms with Crippen molar-refractivity contribution >= 4 is 34.8 Å². The largest absolute Gasteiger partial charge is 0.305 e. The number of rotatable bonds is 7. The fourth-order valence-corrected chi connectivity index (χ4v) is 5.55. The molecule has 1 heterocycles. The molecule has 39 heavy (non-hydrogen) atoms. The molecule has 0 saturated carbocycles. The van der Waals surface area contributed by atoms with Crippen LogP contribution in [0, 0.1) is 5.82 Å². The number of anilines is 2. The molecule has 0 N–H and O–H groups in total. The number of hydrogen-bond acceptors (Lipinski definition) is 2. The Kier molecular flexibility index (Phi) is 8.08. The average Bonchev–Trinajstić information content (AvgIpc) is 2.97. The number of carbonyl (C=O) groups is 2. The maximum Gasteiger partial charge on any atom is 0.258 e. The molecule has 0 radical (unpaired) electrons. The van der Waals surface area contributed by atoms with Crippen molar-refractivity contribution in [1.29, 1.82) is 0 Å². The summed E-state index contributed by atoms with van der Waals surface area (Å²) in [7, 11) is 0. The summed E-state index contributed by atoms with van der Waals surface area (Å²) in [5, 5.41) is 0.600. The lowest BCUT2D eigenvalue weighted by molar-refractivity contribution is -0.118. The molecule has 2 atom stereocenters. The summed E-state index contributed by atoms with van der Waals surface area (Å²) >= 11 is 6.17. The lowest BCUT2D eigenvalue weighted by atomic mass is 9.86. The number of para-hydroxylation sites is 1. The number of halogens is 2. The quantitative estimate of drug-likeness (QED) is 0.238. The lowest BCUT2D eigenvalue weighted by Crippen LogP contribution is -2.49. The smallest absolute Gasteiger partial charge is 0.258 e. The minimum atomic E-state index is -0.386. The molecule has 2 unspecified atom stereocenters. The number of amides is 2. The van der Waals surface area contributed by atoms with Gasteiger partial charge in [0, 0.05) is 34.4 Å². The number of carbonyl (C=O) groups excluding carboxylic acids is 2. The predicted molar refractivity (Wildman–Crippen MR) is 155 cm³/mol. The van der Waals surface area contributed by atoms with E-state index in [-0.39, 0.29) is 29.7 Å². The SMILES string of the molecule is CCC(=O)N(c1ccc(Cl)cc1)C1CC(CCc2ccccc2)N(C(=O)c2ccc(F)cc2)c2ccccc21. The molecule has 4 aromatic rings. The highest BCUT2D eigenvalue weighted by atomic mass is 35.5. The van der Waals surface area contributed by atoms with E-state index in [9.17, 15) is 14.0 Å². The van der Waals surface area contributed by atoms with E-state index in [1.54, 1.807) is 12.1 Å². The van der Waals surface area contributed by atoms with Crippen molar-refractivity contribution in [3.05, 3.63) is 131 Å². The zero-order valence-corrected chi connectivity index (χ0v) is 22.5. The van der Waals surface area contributed by atoms with Crippen LogP contribution in [0.2, 0.25) is 5.02 Å². The zero-order chi connectivity index (χ0) is 27.4. The molecule has 0 aliphatic carbocycles. The van der Waals surface area contributed by atoms with Crippen LogP contribution in [0.5, 0.6) is 0 Å². The molecule has 1 aliphatic heterocycles. The van der Waals surface area contributed by atoms with E-state index < -0.39 is 0 Å². The van der Waals surface area contributed by atoms with Crippen LogP contribution in [-0.4, -0.2) is 17.9 Å². The molecule has 6 heteroatoms. The van der Waals surface area contributed by atoms with Crippen LogP contribution in [0.25, 0.3) is 0 Å². The van der Waals surface area contributed by atoms with Gasteiger partial charge in [-0.2, -0.15) is 0 Å². The second kappa shape index (κ2) is 11.8. The summed E-state index contributed by atoms with van der Waals surface area (Å²) in [6.45, 7) is 1.86. The van der Waals surface area contributed by atoms with Gasteiger partial charge in [-0.15, -0.1) is 0 Å². The van der Waals surface area contributed by atoms with Gasteiger partial charge in [0.15, 0.2) is 0 Å². The highest BCUT2D eigenvalue weighted by Crippen LogP contribution is 2.44. The Morgan fingerprint density at radius 2 is 1.56 bits per heavy atom. The van der Waals surface area contributed by atoms with Gasteiger partial charge >= 0.3 is 0 Å². The van der Waals surface area contributed by atoms with E-state index in [1.807, 2.05) is 71.3 Å². The fraction of sp³-hybridized carbons (Fsp3) is 0.212. The number of aryl methyl sites for hydroxylation is 1. The average molecular weight is 541 g/mol. The summed E-state index contributed by atoms with van der Waals surface area (Å²) in [6, 6.07) is 30.5. The minimum Gasteiger partial charge on any atom is -0.305 e. The molecule has 0 bridgehead atoms. The molecule has 4 aromatic carbocycles.